The van der Waals surface area contributed by atoms with E-state index in [1.54, 1.807) is 0 Å². The van der Waals surface area contributed by atoms with Gasteiger partial charge in [-0.15, -0.1) is 0 Å². The molecular formula is C11H13BrN2O2. The van der Waals surface area contributed by atoms with Crippen LogP contribution in [0.5, 0.6) is 0 Å². The molecule has 16 heavy (non-hydrogen) atoms. The summed E-state index contributed by atoms with van der Waals surface area (Å²) in [5.41, 5.74) is 2.12. The third-order valence-corrected chi connectivity index (χ3v) is 3.04. The van der Waals surface area contributed by atoms with E-state index in [0.29, 0.717) is 6.54 Å². The number of hydrogen-bond acceptors (Lipinski definition) is 4. The average molecular weight is 285 g/mol. The maximum absolute atomic E-state index is 11.5. The van der Waals surface area contributed by atoms with Crippen LogP contribution in [0.2, 0.25) is 0 Å². The smallest absolute Gasteiger partial charge is 0.329 e. The quantitative estimate of drug-likeness (QED) is 0.768. The molecule has 2 rings (SSSR count). The third-order valence-electron chi connectivity index (χ3n) is 2.55. The number of rotatable bonds is 1. The van der Waals surface area contributed by atoms with E-state index in [1.165, 1.54) is 7.11 Å². The first kappa shape index (κ1) is 11.4. The van der Waals surface area contributed by atoms with Crippen LogP contribution >= 0.6 is 15.9 Å². The lowest BCUT2D eigenvalue weighted by Gasteiger charge is -2.15. The SMILES string of the molecule is COC(=O)C1CNCc2cc(Br)ccc2N1. The minimum absolute atomic E-state index is 0.247. The Hall–Kier alpha value is -1.07. The summed E-state index contributed by atoms with van der Waals surface area (Å²) in [6.45, 7) is 1.31. The summed E-state index contributed by atoms with van der Waals surface area (Å²) < 4.78 is 5.77. The van der Waals surface area contributed by atoms with Gasteiger partial charge in [0.2, 0.25) is 0 Å². The van der Waals surface area contributed by atoms with E-state index in [4.69, 9.17) is 4.74 Å². The van der Waals surface area contributed by atoms with E-state index in [-0.39, 0.29) is 12.0 Å². The number of hydrogen-bond donors (Lipinski definition) is 2. The number of carbonyl (C=O) groups is 1. The summed E-state index contributed by atoms with van der Waals surface area (Å²) in [6.07, 6.45) is 0. The van der Waals surface area contributed by atoms with E-state index in [1.807, 2.05) is 18.2 Å². The number of anilines is 1. The van der Waals surface area contributed by atoms with Gasteiger partial charge in [0.25, 0.3) is 0 Å². The Morgan fingerprint density at radius 1 is 1.56 bits per heavy atom. The molecule has 0 aromatic heterocycles. The van der Waals surface area contributed by atoms with Crippen LogP contribution in [0.15, 0.2) is 22.7 Å². The van der Waals surface area contributed by atoms with E-state index in [0.717, 1.165) is 22.3 Å². The van der Waals surface area contributed by atoms with Crippen molar-refractivity contribution in [1.82, 2.24) is 5.32 Å². The highest BCUT2D eigenvalue weighted by molar-refractivity contribution is 9.10. The number of methoxy groups -OCH3 is 1. The Labute approximate surface area is 102 Å². The average Bonchev–Trinajstić information content (AvgIpc) is 2.49. The Balaban J connectivity index is 2.24. The Kier molecular flexibility index (Phi) is 3.46. The maximum Gasteiger partial charge on any atom is 0.329 e. The zero-order valence-electron chi connectivity index (χ0n) is 8.92. The standard InChI is InChI=1S/C11H13BrN2O2/c1-16-11(15)10-6-13-5-7-4-8(12)2-3-9(7)14-10/h2-4,10,13-14H,5-6H2,1H3. The molecular weight excluding hydrogens is 272 g/mol. The fourth-order valence-corrected chi connectivity index (χ4v) is 2.13. The van der Waals surface area contributed by atoms with Crippen molar-refractivity contribution in [2.45, 2.75) is 12.6 Å². The van der Waals surface area contributed by atoms with Gasteiger partial charge in [-0.3, -0.25) is 0 Å². The van der Waals surface area contributed by atoms with Gasteiger partial charge in [-0.1, -0.05) is 15.9 Å². The molecule has 86 valence electrons. The van der Waals surface area contributed by atoms with Gasteiger partial charge in [0.15, 0.2) is 0 Å². The first-order valence-corrected chi connectivity index (χ1v) is 5.83. The Morgan fingerprint density at radius 3 is 3.12 bits per heavy atom. The molecule has 1 aromatic carbocycles. The molecule has 1 heterocycles. The molecule has 4 nitrogen and oxygen atoms in total. The van der Waals surface area contributed by atoms with Crippen LogP contribution in [0, 0.1) is 0 Å². The van der Waals surface area contributed by atoms with E-state index >= 15 is 0 Å². The Bertz CT molecular complexity index is 409. The number of carbonyl (C=O) groups excluding carboxylic acids is 1. The van der Waals surface area contributed by atoms with Crippen molar-refractivity contribution >= 4 is 27.6 Å². The summed E-state index contributed by atoms with van der Waals surface area (Å²) >= 11 is 3.43. The summed E-state index contributed by atoms with van der Waals surface area (Å²) in [4.78, 5) is 11.5. The molecule has 0 radical (unpaired) electrons. The molecule has 2 N–H and O–H groups in total. The minimum atomic E-state index is -0.326. The van der Waals surface area contributed by atoms with Crippen LogP contribution in [0.4, 0.5) is 5.69 Å². The molecule has 0 spiro atoms. The van der Waals surface area contributed by atoms with Gasteiger partial charge >= 0.3 is 5.97 Å². The molecule has 1 aliphatic heterocycles. The fraction of sp³-hybridized carbons (Fsp3) is 0.364. The summed E-state index contributed by atoms with van der Waals surface area (Å²) in [7, 11) is 1.40. The minimum Gasteiger partial charge on any atom is -0.467 e. The van der Waals surface area contributed by atoms with E-state index in [2.05, 4.69) is 26.6 Å². The van der Waals surface area contributed by atoms with Crippen LogP contribution in [0.25, 0.3) is 0 Å². The number of halogens is 1. The number of fused-ring (bicyclic) bond motifs is 1. The van der Waals surface area contributed by atoms with Crippen LogP contribution < -0.4 is 10.6 Å². The normalized spacial score (nSPS) is 19.2. The van der Waals surface area contributed by atoms with E-state index in [9.17, 15) is 4.79 Å². The molecule has 1 aromatic rings. The lowest BCUT2D eigenvalue weighted by molar-refractivity contribution is -0.141. The van der Waals surface area contributed by atoms with Crippen molar-refractivity contribution in [1.29, 1.82) is 0 Å². The van der Waals surface area contributed by atoms with Crippen molar-refractivity contribution in [3.63, 3.8) is 0 Å². The molecule has 0 saturated heterocycles. The second-order valence-corrected chi connectivity index (χ2v) is 4.57. The van der Waals surface area contributed by atoms with Crippen molar-refractivity contribution < 1.29 is 9.53 Å². The van der Waals surface area contributed by atoms with Crippen molar-refractivity contribution in [3.8, 4) is 0 Å². The van der Waals surface area contributed by atoms with Gasteiger partial charge < -0.3 is 15.4 Å². The predicted molar refractivity (Wildman–Crippen MR) is 65.3 cm³/mol. The molecule has 1 unspecified atom stereocenters. The predicted octanol–water partition coefficient (Wildman–Crippen LogP) is 1.51. The number of benzene rings is 1. The zero-order chi connectivity index (χ0) is 11.5. The van der Waals surface area contributed by atoms with Gasteiger partial charge in [0, 0.05) is 23.2 Å². The summed E-state index contributed by atoms with van der Waals surface area (Å²) in [5.74, 6) is -0.247. The van der Waals surface area contributed by atoms with Gasteiger partial charge in [0.05, 0.1) is 7.11 Å². The molecule has 0 amide bonds. The highest BCUT2D eigenvalue weighted by Crippen LogP contribution is 2.23. The lowest BCUT2D eigenvalue weighted by atomic mass is 10.2. The molecule has 5 heteroatoms. The molecule has 1 aliphatic rings. The molecule has 1 atom stereocenters. The second-order valence-electron chi connectivity index (χ2n) is 3.65. The van der Waals surface area contributed by atoms with Gasteiger partial charge in [-0.25, -0.2) is 4.79 Å². The highest BCUT2D eigenvalue weighted by Gasteiger charge is 2.22. The third kappa shape index (κ3) is 2.36. The van der Waals surface area contributed by atoms with Crippen LogP contribution in [0.3, 0.4) is 0 Å². The van der Waals surface area contributed by atoms with Gasteiger partial charge in [0.1, 0.15) is 6.04 Å². The maximum atomic E-state index is 11.5. The first-order valence-electron chi connectivity index (χ1n) is 5.04. The summed E-state index contributed by atoms with van der Waals surface area (Å²) in [6, 6.07) is 5.62. The number of ether oxygens (including phenoxy) is 1. The molecule has 0 fully saturated rings. The molecule has 0 saturated carbocycles. The lowest BCUT2D eigenvalue weighted by Crippen LogP contribution is -2.37. The van der Waals surface area contributed by atoms with Gasteiger partial charge in [-0.2, -0.15) is 0 Å². The van der Waals surface area contributed by atoms with Crippen LogP contribution in [-0.4, -0.2) is 25.7 Å². The molecule has 0 aliphatic carbocycles. The topological polar surface area (TPSA) is 50.4 Å². The van der Waals surface area contributed by atoms with Crippen LogP contribution in [-0.2, 0) is 16.1 Å². The fourth-order valence-electron chi connectivity index (χ4n) is 1.72. The second kappa shape index (κ2) is 4.84. The van der Waals surface area contributed by atoms with Gasteiger partial charge in [-0.05, 0) is 23.8 Å². The van der Waals surface area contributed by atoms with Crippen molar-refractivity contribution in [3.05, 3.63) is 28.2 Å². The summed E-state index contributed by atoms with van der Waals surface area (Å²) in [5, 5.41) is 6.39. The first-order chi connectivity index (χ1) is 7.70. The monoisotopic (exact) mass is 284 g/mol. The van der Waals surface area contributed by atoms with Crippen molar-refractivity contribution in [2.24, 2.45) is 0 Å². The molecule has 0 bridgehead atoms. The van der Waals surface area contributed by atoms with Crippen LogP contribution in [0.1, 0.15) is 5.56 Å². The number of esters is 1. The number of nitrogens with one attached hydrogen (secondary N) is 2. The Morgan fingerprint density at radius 2 is 2.38 bits per heavy atom. The van der Waals surface area contributed by atoms with E-state index < -0.39 is 0 Å². The van der Waals surface area contributed by atoms with Crippen molar-refractivity contribution in [2.75, 3.05) is 19.0 Å². The highest BCUT2D eigenvalue weighted by atomic mass is 79.9. The largest absolute Gasteiger partial charge is 0.467 e. The zero-order valence-corrected chi connectivity index (χ0v) is 10.5.